The third kappa shape index (κ3) is 3.04. The zero-order chi connectivity index (χ0) is 13.9. The first kappa shape index (κ1) is 13.2. The van der Waals surface area contributed by atoms with Crippen molar-refractivity contribution in [1.29, 1.82) is 0 Å². The summed E-state index contributed by atoms with van der Waals surface area (Å²) in [6, 6.07) is 8.50. The number of carbonyl (C=O) groups is 1. The number of piperidine rings is 1. The van der Waals surface area contributed by atoms with Crippen LogP contribution < -0.4 is 16.4 Å². The largest absolute Gasteiger partial charge is 0.382 e. The van der Waals surface area contributed by atoms with Crippen LogP contribution in [0.2, 0.25) is 0 Å². The van der Waals surface area contributed by atoms with Gasteiger partial charge in [0, 0.05) is 30.0 Å². The summed E-state index contributed by atoms with van der Waals surface area (Å²) < 4.78 is 0. The first-order valence-corrected chi connectivity index (χ1v) is 7.38. The van der Waals surface area contributed by atoms with Gasteiger partial charge < -0.3 is 21.3 Å². The SMILES string of the molecule is NC(=O)Nc1cccc(NC2CCN3CCCC3C2)c1. The average Bonchev–Trinajstić information content (AvgIpc) is 2.85. The summed E-state index contributed by atoms with van der Waals surface area (Å²) in [5.74, 6) is 0. The van der Waals surface area contributed by atoms with Gasteiger partial charge >= 0.3 is 6.03 Å². The second-order valence-electron chi connectivity index (χ2n) is 5.77. The van der Waals surface area contributed by atoms with Crippen LogP contribution in [0.15, 0.2) is 24.3 Å². The number of primary amides is 1. The highest BCUT2D eigenvalue weighted by molar-refractivity contribution is 5.88. The number of nitrogens with zero attached hydrogens (tertiary/aromatic N) is 1. The standard InChI is InChI=1S/C15H22N4O/c16-15(20)18-12-4-1-3-11(9-12)17-13-6-8-19-7-2-5-14(19)10-13/h1,3-4,9,13-14,17H,2,5-8,10H2,(H3,16,18,20). The fourth-order valence-electron chi connectivity index (χ4n) is 3.42. The number of urea groups is 1. The third-order valence-electron chi connectivity index (χ3n) is 4.32. The van der Waals surface area contributed by atoms with E-state index in [1.165, 1.54) is 38.8 Å². The number of hydrogen-bond donors (Lipinski definition) is 3. The van der Waals surface area contributed by atoms with E-state index in [2.05, 4.69) is 15.5 Å². The van der Waals surface area contributed by atoms with E-state index in [-0.39, 0.29) is 0 Å². The summed E-state index contributed by atoms with van der Waals surface area (Å²) in [4.78, 5) is 13.5. The predicted octanol–water partition coefficient (Wildman–Crippen LogP) is 2.22. The van der Waals surface area contributed by atoms with Crippen molar-refractivity contribution in [3.63, 3.8) is 0 Å². The molecular weight excluding hydrogens is 252 g/mol. The maximum absolute atomic E-state index is 10.9. The molecule has 20 heavy (non-hydrogen) atoms. The van der Waals surface area contributed by atoms with E-state index >= 15 is 0 Å². The van der Waals surface area contributed by atoms with Crippen LogP contribution in [0, 0.1) is 0 Å². The molecule has 1 aromatic carbocycles. The number of rotatable bonds is 3. The van der Waals surface area contributed by atoms with E-state index in [4.69, 9.17) is 5.73 Å². The second-order valence-corrected chi connectivity index (χ2v) is 5.77. The summed E-state index contributed by atoms with van der Waals surface area (Å²) in [6.07, 6.45) is 5.08. The van der Waals surface area contributed by atoms with Crippen LogP contribution in [0.5, 0.6) is 0 Å². The molecule has 0 spiro atoms. The lowest BCUT2D eigenvalue weighted by Gasteiger charge is -2.35. The van der Waals surface area contributed by atoms with Crippen molar-refractivity contribution >= 4 is 17.4 Å². The molecule has 0 bridgehead atoms. The first-order valence-electron chi connectivity index (χ1n) is 7.38. The summed E-state index contributed by atoms with van der Waals surface area (Å²) in [5.41, 5.74) is 6.93. The molecule has 1 aromatic rings. The van der Waals surface area contributed by atoms with Gasteiger partial charge in [-0.15, -0.1) is 0 Å². The smallest absolute Gasteiger partial charge is 0.316 e. The zero-order valence-corrected chi connectivity index (χ0v) is 11.6. The van der Waals surface area contributed by atoms with Crippen LogP contribution in [0.4, 0.5) is 16.2 Å². The molecule has 2 amide bonds. The number of hydrogen-bond acceptors (Lipinski definition) is 3. The molecular formula is C15H22N4O. The minimum atomic E-state index is -0.526. The van der Waals surface area contributed by atoms with Crippen molar-refractivity contribution < 1.29 is 4.79 Å². The summed E-state index contributed by atoms with van der Waals surface area (Å²) >= 11 is 0. The van der Waals surface area contributed by atoms with E-state index in [9.17, 15) is 4.79 Å². The normalized spacial score (nSPS) is 26.0. The van der Waals surface area contributed by atoms with Gasteiger partial charge in [0.25, 0.3) is 0 Å². The Labute approximate surface area is 119 Å². The Morgan fingerprint density at radius 1 is 1.25 bits per heavy atom. The molecule has 5 nitrogen and oxygen atoms in total. The Hall–Kier alpha value is -1.75. The van der Waals surface area contributed by atoms with Crippen LogP contribution >= 0.6 is 0 Å². The van der Waals surface area contributed by atoms with Gasteiger partial charge in [-0.2, -0.15) is 0 Å². The van der Waals surface area contributed by atoms with Gasteiger partial charge in [0.1, 0.15) is 0 Å². The number of nitrogens with two attached hydrogens (primary N) is 1. The summed E-state index contributed by atoms with van der Waals surface area (Å²) in [6.45, 7) is 2.47. The number of nitrogens with one attached hydrogen (secondary N) is 2. The number of benzene rings is 1. The van der Waals surface area contributed by atoms with Gasteiger partial charge in [0.05, 0.1) is 0 Å². The molecule has 2 unspecified atom stereocenters. The molecule has 0 aliphatic carbocycles. The lowest BCUT2D eigenvalue weighted by Crippen LogP contribution is -2.42. The van der Waals surface area contributed by atoms with Crippen molar-refractivity contribution in [2.75, 3.05) is 23.7 Å². The third-order valence-corrected chi connectivity index (χ3v) is 4.32. The van der Waals surface area contributed by atoms with E-state index in [0.717, 1.165) is 17.4 Å². The minimum Gasteiger partial charge on any atom is -0.382 e. The highest BCUT2D eigenvalue weighted by Crippen LogP contribution is 2.28. The van der Waals surface area contributed by atoms with Crippen LogP contribution in [-0.2, 0) is 0 Å². The van der Waals surface area contributed by atoms with Gasteiger partial charge in [-0.05, 0) is 50.4 Å². The van der Waals surface area contributed by atoms with Gasteiger partial charge in [-0.1, -0.05) is 6.07 Å². The number of amides is 2. The van der Waals surface area contributed by atoms with E-state index < -0.39 is 6.03 Å². The fourth-order valence-corrected chi connectivity index (χ4v) is 3.42. The Balaban J connectivity index is 1.61. The zero-order valence-electron chi connectivity index (χ0n) is 11.6. The molecule has 108 valence electrons. The second kappa shape index (κ2) is 5.71. The molecule has 2 heterocycles. The van der Waals surface area contributed by atoms with Gasteiger partial charge in [-0.3, -0.25) is 0 Å². The van der Waals surface area contributed by atoms with E-state index in [0.29, 0.717) is 6.04 Å². The van der Waals surface area contributed by atoms with Crippen molar-refractivity contribution in [3.8, 4) is 0 Å². The van der Waals surface area contributed by atoms with Gasteiger partial charge in [0.2, 0.25) is 0 Å². The van der Waals surface area contributed by atoms with Crippen LogP contribution in [0.1, 0.15) is 25.7 Å². The predicted molar refractivity (Wildman–Crippen MR) is 80.9 cm³/mol. The molecule has 5 heteroatoms. The van der Waals surface area contributed by atoms with Crippen LogP contribution in [0.3, 0.4) is 0 Å². The molecule has 2 saturated heterocycles. The van der Waals surface area contributed by atoms with Gasteiger partial charge in [0.15, 0.2) is 0 Å². The Kier molecular flexibility index (Phi) is 3.78. The lowest BCUT2D eigenvalue weighted by molar-refractivity contribution is 0.188. The molecule has 3 rings (SSSR count). The molecule has 2 aliphatic heterocycles. The Bertz CT molecular complexity index is 491. The van der Waals surface area contributed by atoms with Crippen molar-refractivity contribution in [1.82, 2.24) is 4.90 Å². The molecule has 0 aromatic heterocycles. The quantitative estimate of drug-likeness (QED) is 0.791. The van der Waals surface area contributed by atoms with Crippen molar-refractivity contribution in [2.45, 2.75) is 37.8 Å². The molecule has 2 atom stereocenters. The van der Waals surface area contributed by atoms with E-state index in [1.807, 2.05) is 24.3 Å². The maximum atomic E-state index is 10.9. The molecule has 4 N–H and O–H groups in total. The minimum absolute atomic E-state index is 0.526. The molecule has 2 aliphatic rings. The monoisotopic (exact) mass is 274 g/mol. The number of anilines is 2. The molecule has 0 radical (unpaired) electrons. The number of fused-ring (bicyclic) bond motifs is 1. The number of carbonyl (C=O) groups excluding carboxylic acids is 1. The summed E-state index contributed by atoms with van der Waals surface area (Å²) in [5, 5.41) is 6.20. The maximum Gasteiger partial charge on any atom is 0.316 e. The summed E-state index contributed by atoms with van der Waals surface area (Å²) in [7, 11) is 0. The Morgan fingerprint density at radius 2 is 2.10 bits per heavy atom. The fraction of sp³-hybridized carbons (Fsp3) is 0.533. The Morgan fingerprint density at radius 3 is 2.95 bits per heavy atom. The highest BCUT2D eigenvalue weighted by Gasteiger charge is 2.31. The average molecular weight is 274 g/mol. The highest BCUT2D eigenvalue weighted by atomic mass is 16.2. The first-order chi connectivity index (χ1) is 9.70. The topological polar surface area (TPSA) is 70.4 Å². The van der Waals surface area contributed by atoms with Crippen LogP contribution in [-0.4, -0.2) is 36.1 Å². The van der Waals surface area contributed by atoms with Crippen molar-refractivity contribution in [2.24, 2.45) is 5.73 Å². The lowest BCUT2D eigenvalue weighted by atomic mass is 9.97. The molecule has 0 saturated carbocycles. The van der Waals surface area contributed by atoms with Gasteiger partial charge in [-0.25, -0.2) is 4.79 Å². The van der Waals surface area contributed by atoms with E-state index in [1.54, 1.807) is 0 Å². The van der Waals surface area contributed by atoms with Crippen molar-refractivity contribution in [3.05, 3.63) is 24.3 Å². The molecule has 2 fully saturated rings. The van der Waals surface area contributed by atoms with Crippen LogP contribution in [0.25, 0.3) is 0 Å².